The van der Waals surface area contributed by atoms with Gasteiger partial charge in [0.25, 0.3) is 0 Å². The van der Waals surface area contributed by atoms with Crippen LogP contribution in [0.15, 0.2) is 97.7 Å². The van der Waals surface area contributed by atoms with Gasteiger partial charge in [-0.2, -0.15) is 0 Å². The Hall–Kier alpha value is -14.0. The molecule has 3 fully saturated rings. The molecule has 0 bridgehead atoms. The van der Waals surface area contributed by atoms with Crippen LogP contribution < -0.4 is 76.1 Å². The Bertz CT molecular complexity index is 5240. The average Bonchev–Trinajstić information content (AvgIpc) is 1.67. The van der Waals surface area contributed by atoms with Crippen LogP contribution in [0.4, 0.5) is 0 Å². The van der Waals surface area contributed by atoms with Gasteiger partial charge in [0.1, 0.15) is 90.3 Å². The summed E-state index contributed by atoms with van der Waals surface area (Å²) < 4.78 is 0. The van der Waals surface area contributed by atoms with Gasteiger partial charge in [0.05, 0.1) is 37.2 Å². The number of H-pyrrole nitrogens is 3. The fourth-order valence-electron chi connectivity index (χ4n) is 16.5. The van der Waals surface area contributed by atoms with Gasteiger partial charge in [0, 0.05) is 112 Å². The summed E-state index contributed by atoms with van der Waals surface area (Å²) in [5.74, 6) is -20.4. The number of aromatic hydroxyl groups is 1. The number of hydrogen-bond donors (Lipinski definition) is 19. The number of thioether (sulfide) groups is 1. The second-order valence-electron chi connectivity index (χ2n) is 33.6. The molecular formula is C89H121N23O21S. The summed E-state index contributed by atoms with van der Waals surface area (Å²) in [7, 11) is 3.83. The normalized spacial score (nSPS) is 24.2. The number of aliphatic carboxylic acids is 1. The fraction of sp³-hybridized carbons (Fsp3) is 0.506. The second kappa shape index (κ2) is 49.5. The number of hydrogen-bond acceptors (Lipinski definition) is 23. The molecule has 44 nitrogen and oxygen atoms in total. The maximum atomic E-state index is 15.8. The van der Waals surface area contributed by atoms with Crippen LogP contribution in [0.5, 0.6) is 5.75 Å². The molecule has 23 N–H and O–H groups in total. The molecule has 3 saturated heterocycles. The van der Waals surface area contributed by atoms with E-state index in [-0.39, 0.29) is 102 Å². The van der Waals surface area contributed by atoms with E-state index in [1.165, 1.54) is 64.9 Å². The Kier molecular flexibility index (Phi) is 38.3. The molecule has 45 heteroatoms. The highest BCUT2D eigenvalue weighted by molar-refractivity contribution is 8.00. The molecule has 0 unspecified atom stereocenters. The van der Waals surface area contributed by atoms with Gasteiger partial charge in [-0.15, -0.1) is 11.8 Å². The molecule has 6 aromatic rings. The summed E-state index contributed by atoms with van der Waals surface area (Å²) in [6, 6.07) is -2.69. The summed E-state index contributed by atoms with van der Waals surface area (Å²) in [6.07, 6.45) is 3.01. The van der Waals surface area contributed by atoms with E-state index in [2.05, 4.69) is 73.1 Å². The van der Waals surface area contributed by atoms with Crippen LogP contribution >= 0.6 is 11.8 Å². The van der Waals surface area contributed by atoms with Gasteiger partial charge in [-0.3, -0.25) is 91.1 Å². The number of imidazole rings is 1. The molecule has 14 atom stereocenters. The SMILES string of the molecule is CCCC[C@H]1C(=O)N(C)[C@@H](CCCC)C(=O)N[C@@H](CCC(=O)O)C(=O)N[C@H](C(=O)NCC(N)=O)CSCC(=O)N[C@@H](Cc2ccc(O)cc2)C(=O)N(C)[C@@H](C)C(=O)N[C@H](CC(N)=O)C(=O)N2CCC[C@H]2C(=O)N[C@@H](Cc2c[nH]cn2)C(=O)N[C@@H](CC(N)=O)C(=O)N2CCC[C@H]2C(=O)N[C@@H](Cc2c[nH]c3ccccc23)C(=O)N[C@@H](CCN)C(=O)N[C@@H](Cc2c[nH]c3ccccc23)C(=O)N1C. The van der Waals surface area contributed by atoms with Crippen molar-refractivity contribution in [3.8, 4) is 5.75 Å². The standard InChI is InChI=1S/C89H121N23O21S/c1-7-9-21-67-82(126)101-58(29-30-75(118)119)78(122)107-66(77(121)97-44-73(93)116)45-134-46-74(117)99-62(35-49-25-27-53(113)28-26-49)85(129)108(4)48(3)76(120)104-64(39-71(91)114)87(131)111-33-16-24-69(111)84(128)103-61(38-52-43-94-47-98-52)81(125)106-65(40-72(92)115)88(132)112-34-15-23-68(112)83(127)102-60(36-50-41-95-56-19-13-11-17-54(50)56)80(124)100-59(31-32-90)79(123)105-63(37-51-42-96-57-20-14-12-18-55(51)57)86(130)110(6)70(22-10-8-2)89(133)109(67)5/h11-14,17-20,25-28,41-43,47-48,58-70,95-96,113H,7-10,15-16,21-24,29-40,44-46,90H2,1-6H3,(H2,91,114)(H2,92,115)(H2,93,116)(H,94,98)(H,97,121)(H,99,117)(H,100,124)(H,101,126)(H,102,127)(H,103,128)(H,104,120)(H,105,123)(H,106,125)(H,107,122)(H,118,119)/t48-,58-,59-,60-,61-,62-,63-,64+,65-,66-,67-,68-,69-,70-/m0/s1. The van der Waals surface area contributed by atoms with Crippen molar-refractivity contribution in [2.75, 3.05) is 58.8 Å². The van der Waals surface area contributed by atoms with Crippen molar-refractivity contribution >= 4 is 146 Å². The lowest BCUT2D eigenvalue weighted by atomic mass is 9.99. The first-order valence-electron chi connectivity index (χ1n) is 44.5. The van der Waals surface area contributed by atoms with Crippen LogP contribution in [0, 0.1) is 0 Å². The van der Waals surface area contributed by atoms with E-state index in [9.17, 15) is 67.7 Å². The highest BCUT2D eigenvalue weighted by atomic mass is 32.2. The van der Waals surface area contributed by atoms with Gasteiger partial charge in [-0.1, -0.05) is 88.1 Å². The molecule has 724 valence electrons. The molecule has 3 aliphatic heterocycles. The van der Waals surface area contributed by atoms with Crippen molar-refractivity contribution in [1.29, 1.82) is 0 Å². The van der Waals surface area contributed by atoms with Crippen LogP contribution in [0.1, 0.15) is 139 Å². The summed E-state index contributed by atoms with van der Waals surface area (Å²) in [4.78, 5) is 294. The summed E-state index contributed by atoms with van der Waals surface area (Å²) in [5, 5.41) is 47.5. The third-order valence-corrected chi connectivity index (χ3v) is 25.0. The molecule has 0 radical (unpaired) electrons. The number of carbonyl (C=O) groups excluding carboxylic acids is 18. The number of nitrogens with zero attached hydrogens (tertiary/aromatic N) is 6. The minimum absolute atomic E-state index is 0.0247. The van der Waals surface area contributed by atoms with Crippen molar-refractivity contribution in [3.05, 3.63) is 120 Å². The van der Waals surface area contributed by atoms with Crippen molar-refractivity contribution in [1.82, 2.24) is 97.6 Å². The van der Waals surface area contributed by atoms with Gasteiger partial charge in [-0.05, 0) is 106 Å². The fourth-order valence-corrected chi connectivity index (χ4v) is 17.3. The van der Waals surface area contributed by atoms with E-state index in [1.807, 2.05) is 6.92 Å². The number of likely N-dealkylation sites (N-methyl/N-ethyl adjacent to an activating group) is 3. The highest BCUT2D eigenvalue weighted by Crippen LogP contribution is 2.28. The predicted octanol–water partition coefficient (Wildman–Crippen LogP) is -3.11. The first-order valence-corrected chi connectivity index (χ1v) is 45.7. The lowest BCUT2D eigenvalue weighted by Crippen LogP contribution is -2.61. The first kappa shape index (κ1) is 104. The van der Waals surface area contributed by atoms with Crippen LogP contribution in [0.25, 0.3) is 21.8 Å². The minimum atomic E-state index is -1.83. The molecule has 18 amide bonds. The molecule has 0 aliphatic carbocycles. The number of phenols is 1. The van der Waals surface area contributed by atoms with Gasteiger partial charge in [0.15, 0.2) is 0 Å². The van der Waals surface area contributed by atoms with E-state index in [4.69, 9.17) is 22.9 Å². The van der Waals surface area contributed by atoms with Crippen LogP contribution in [0.2, 0.25) is 0 Å². The zero-order valence-corrected chi connectivity index (χ0v) is 76.4. The molecule has 9 rings (SSSR count). The number of carbonyl (C=O) groups is 19. The molecular weight excluding hydrogens is 1760 g/mol. The molecule has 3 aromatic heterocycles. The zero-order valence-electron chi connectivity index (χ0n) is 75.6. The number of unbranched alkanes of at least 4 members (excludes halogenated alkanes) is 2. The topological polar surface area (TPSA) is 666 Å². The lowest BCUT2D eigenvalue weighted by molar-refractivity contribution is -0.149. The molecule has 0 saturated carbocycles. The third kappa shape index (κ3) is 28.5. The number of carboxylic acid groups (broad SMARTS) is 1. The molecule has 134 heavy (non-hydrogen) atoms. The maximum absolute atomic E-state index is 15.8. The quantitative estimate of drug-likeness (QED) is 0.0256. The van der Waals surface area contributed by atoms with Crippen molar-refractivity contribution in [2.24, 2.45) is 22.9 Å². The van der Waals surface area contributed by atoms with E-state index >= 15 is 33.6 Å². The third-order valence-electron chi connectivity index (χ3n) is 23.9. The number of phenolic OH excluding ortho intramolecular Hbond substituents is 1. The monoisotopic (exact) mass is 1880 g/mol. The number of aromatic nitrogens is 4. The van der Waals surface area contributed by atoms with Crippen molar-refractivity contribution in [2.45, 2.75) is 227 Å². The number of primary amides is 3. The van der Waals surface area contributed by atoms with Crippen molar-refractivity contribution in [3.63, 3.8) is 0 Å². The summed E-state index contributed by atoms with van der Waals surface area (Å²) >= 11 is 0.706. The van der Waals surface area contributed by atoms with Gasteiger partial charge in [0.2, 0.25) is 106 Å². The van der Waals surface area contributed by atoms with Gasteiger partial charge in [-0.25, -0.2) is 4.98 Å². The number of para-hydroxylation sites is 2. The molecule has 3 aliphatic rings. The smallest absolute Gasteiger partial charge is 0.303 e. The van der Waals surface area contributed by atoms with Crippen LogP contribution in [-0.4, -0.2) is 310 Å². The van der Waals surface area contributed by atoms with Crippen LogP contribution in [0.3, 0.4) is 0 Å². The number of nitrogens with two attached hydrogens (primary N) is 4. The van der Waals surface area contributed by atoms with Gasteiger partial charge < -0.3 is 126 Å². The molecule has 3 aromatic carbocycles. The second-order valence-corrected chi connectivity index (χ2v) is 34.7. The zero-order chi connectivity index (χ0) is 97.7. The van der Waals surface area contributed by atoms with Crippen molar-refractivity contribution < 1.29 is 101 Å². The largest absolute Gasteiger partial charge is 0.508 e. The molecule has 0 spiro atoms. The van der Waals surface area contributed by atoms with E-state index in [0.717, 1.165) is 24.5 Å². The van der Waals surface area contributed by atoms with E-state index in [1.54, 1.807) is 67.8 Å². The maximum Gasteiger partial charge on any atom is 0.303 e. The number of rotatable bonds is 26. The number of carboxylic acids is 1. The number of nitrogens with one attached hydrogen (secondary N) is 13. The lowest BCUT2D eigenvalue weighted by Gasteiger charge is -2.36. The average molecular weight is 1880 g/mol. The highest BCUT2D eigenvalue weighted by Gasteiger charge is 2.46. The number of aromatic amines is 3. The number of fused-ring (bicyclic) bond motifs is 4. The van der Waals surface area contributed by atoms with E-state index < -0.39 is 247 Å². The van der Waals surface area contributed by atoms with E-state index in [0.29, 0.717) is 69.5 Å². The summed E-state index contributed by atoms with van der Waals surface area (Å²) in [5.41, 5.74) is 26.0. The summed E-state index contributed by atoms with van der Waals surface area (Å²) in [6.45, 7) is 3.56. The Labute approximate surface area is 776 Å². The first-order chi connectivity index (χ1) is 63.9. The number of benzene rings is 3. The Morgan fingerprint density at radius 3 is 1.49 bits per heavy atom. The van der Waals surface area contributed by atoms with Crippen LogP contribution in [-0.2, 0) is 117 Å². The Balaban J connectivity index is 1.10. The Morgan fingerprint density at radius 1 is 0.493 bits per heavy atom. The minimum Gasteiger partial charge on any atom is -0.508 e. The predicted molar refractivity (Wildman–Crippen MR) is 487 cm³/mol. The molecule has 6 heterocycles. The number of amides is 18. The van der Waals surface area contributed by atoms with Gasteiger partial charge >= 0.3 is 5.97 Å². The Morgan fingerprint density at radius 2 is 0.963 bits per heavy atom.